The van der Waals surface area contributed by atoms with Crippen molar-refractivity contribution in [2.75, 3.05) is 5.75 Å². The van der Waals surface area contributed by atoms with Crippen LogP contribution in [0.1, 0.15) is 12.8 Å². The third kappa shape index (κ3) is 3.76. The third-order valence-electron chi connectivity index (χ3n) is 2.38. The van der Waals surface area contributed by atoms with E-state index in [2.05, 4.69) is 14.9 Å². The molecule has 102 valence electrons. The number of halogens is 1. The second-order valence-electron chi connectivity index (χ2n) is 3.73. The van der Waals surface area contributed by atoms with E-state index in [1.807, 2.05) is 0 Å². The van der Waals surface area contributed by atoms with Crippen LogP contribution in [0.25, 0.3) is 11.5 Å². The first-order valence-corrected chi connectivity index (χ1v) is 7.59. The summed E-state index contributed by atoms with van der Waals surface area (Å²) in [5.74, 6) is 0.537. The minimum absolute atomic E-state index is 0.00514. The summed E-state index contributed by atoms with van der Waals surface area (Å²) in [7, 11) is -3.27. The van der Waals surface area contributed by atoms with E-state index in [1.54, 1.807) is 31.2 Å². The molecule has 0 aliphatic carbocycles. The van der Waals surface area contributed by atoms with E-state index >= 15 is 0 Å². The van der Waals surface area contributed by atoms with Gasteiger partial charge < -0.3 is 4.42 Å². The molecule has 0 aliphatic heterocycles. The van der Waals surface area contributed by atoms with Crippen LogP contribution in [0.5, 0.6) is 0 Å². The Morgan fingerprint density at radius 3 is 2.58 bits per heavy atom. The normalized spacial score (nSPS) is 11.7. The van der Waals surface area contributed by atoms with E-state index in [9.17, 15) is 8.42 Å². The van der Waals surface area contributed by atoms with Gasteiger partial charge in [-0.3, -0.25) is 0 Å². The average Bonchev–Trinajstić information content (AvgIpc) is 2.86. The van der Waals surface area contributed by atoms with Crippen molar-refractivity contribution in [3.8, 4) is 11.5 Å². The molecule has 0 fully saturated rings. The van der Waals surface area contributed by atoms with Crippen LogP contribution in [0.15, 0.2) is 28.7 Å². The summed E-state index contributed by atoms with van der Waals surface area (Å²) in [5.41, 5.74) is 0.724. The molecule has 0 unspecified atom stereocenters. The van der Waals surface area contributed by atoms with E-state index in [0.717, 1.165) is 5.56 Å². The van der Waals surface area contributed by atoms with Gasteiger partial charge in [0.1, 0.15) is 0 Å². The van der Waals surface area contributed by atoms with Crippen molar-refractivity contribution < 1.29 is 12.8 Å². The highest BCUT2D eigenvalue weighted by atomic mass is 35.5. The van der Waals surface area contributed by atoms with Crippen molar-refractivity contribution in [1.82, 2.24) is 14.9 Å². The molecular formula is C11H12ClN3O3S. The summed E-state index contributed by atoms with van der Waals surface area (Å²) in [4.78, 5) is 0. The fourth-order valence-electron chi connectivity index (χ4n) is 1.31. The molecule has 0 spiro atoms. The first kappa shape index (κ1) is 14.0. The molecule has 1 aromatic carbocycles. The average molecular weight is 302 g/mol. The molecule has 0 saturated carbocycles. The van der Waals surface area contributed by atoms with Gasteiger partial charge in [0.25, 0.3) is 0 Å². The van der Waals surface area contributed by atoms with Gasteiger partial charge in [0, 0.05) is 10.6 Å². The van der Waals surface area contributed by atoms with Gasteiger partial charge in [0.2, 0.25) is 21.8 Å². The lowest BCUT2D eigenvalue weighted by molar-refractivity contribution is 0.494. The van der Waals surface area contributed by atoms with E-state index in [1.165, 1.54) is 0 Å². The third-order valence-corrected chi connectivity index (χ3v) is 3.98. The molecule has 0 saturated heterocycles. The number of nitrogens with one attached hydrogen (secondary N) is 1. The van der Waals surface area contributed by atoms with Gasteiger partial charge in [-0.25, -0.2) is 13.1 Å². The summed E-state index contributed by atoms with van der Waals surface area (Å²) in [5, 5.41) is 8.23. The topological polar surface area (TPSA) is 85.1 Å². The first-order chi connectivity index (χ1) is 9.00. The van der Waals surface area contributed by atoms with Crippen LogP contribution in [0.2, 0.25) is 5.02 Å². The van der Waals surface area contributed by atoms with Crippen LogP contribution < -0.4 is 4.72 Å². The van der Waals surface area contributed by atoms with Crippen molar-refractivity contribution in [3.05, 3.63) is 35.2 Å². The summed E-state index contributed by atoms with van der Waals surface area (Å²) >= 11 is 5.78. The van der Waals surface area contributed by atoms with Crippen molar-refractivity contribution in [2.24, 2.45) is 0 Å². The zero-order chi connectivity index (χ0) is 13.9. The smallest absolute Gasteiger partial charge is 0.247 e. The lowest BCUT2D eigenvalue weighted by Crippen LogP contribution is -2.24. The van der Waals surface area contributed by atoms with Crippen molar-refractivity contribution >= 4 is 21.6 Å². The predicted molar refractivity (Wildman–Crippen MR) is 71.0 cm³/mol. The zero-order valence-electron chi connectivity index (χ0n) is 10.1. The lowest BCUT2D eigenvalue weighted by atomic mass is 10.2. The fourth-order valence-corrected chi connectivity index (χ4v) is 1.98. The minimum atomic E-state index is -3.27. The van der Waals surface area contributed by atoms with E-state index in [4.69, 9.17) is 16.0 Å². The van der Waals surface area contributed by atoms with Gasteiger partial charge in [0.05, 0.1) is 12.3 Å². The number of sulfonamides is 1. The number of hydrogen-bond donors (Lipinski definition) is 1. The monoisotopic (exact) mass is 301 g/mol. The number of benzene rings is 1. The molecule has 0 radical (unpaired) electrons. The lowest BCUT2D eigenvalue weighted by Gasteiger charge is -1.99. The number of nitrogens with zero attached hydrogens (tertiary/aromatic N) is 2. The van der Waals surface area contributed by atoms with Gasteiger partial charge in [0.15, 0.2) is 0 Å². The Morgan fingerprint density at radius 1 is 1.26 bits per heavy atom. The van der Waals surface area contributed by atoms with E-state index < -0.39 is 10.0 Å². The second kappa shape index (κ2) is 5.68. The molecule has 1 N–H and O–H groups in total. The Bertz CT molecular complexity index is 652. The Labute approximate surface area is 115 Å². The highest BCUT2D eigenvalue weighted by Gasteiger charge is 2.11. The van der Waals surface area contributed by atoms with Gasteiger partial charge in [-0.05, 0) is 31.2 Å². The van der Waals surface area contributed by atoms with Crippen molar-refractivity contribution in [2.45, 2.75) is 13.5 Å². The molecule has 2 rings (SSSR count). The van der Waals surface area contributed by atoms with Crippen LogP contribution >= 0.6 is 11.6 Å². The van der Waals surface area contributed by atoms with Crippen molar-refractivity contribution in [1.29, 1.82) is 0 Å². The maximum Gasteiger partial charge on any atom is 0.247 e. The van der Waals surface area contributed by atoms with Crippen molar-refractivity contribution in [3.63, 3.8) is 0 Å². The van der Waals surface area contributed by atoms with Gasteiger partial charge in [-0.2, -0.15) is 0 Å². The first-order valence-electron chi connectivity index (χ1n) is 5.56. The summed E-state index contributed by atoms with van der Waals surface area (Å²) in [6, 6.07) is 6.91. The Hall–Kier alpha value is -1.44. The Balaban J connectivity index is 2.09. The predicted octanol–water partition coefficient (Wildman–Crippen LogP) is 1.83. The molecule has 6 nitrogen and oxygen atoms in total. The maximum absolute atomic E-state index is 11.3. The molecule has 2 aromatic rings. The highest BCUT2D eigenvalue weighted by molar-refractivity contribution is 7.89. The molecule has 0 aliphatic rings. The zero-order valence-corrected chi connectivity index (χ0v) is 11.7. The molecule has 19 heavy (non-hydrogen) atoms. The van der Waals surface area contributed by atoms with Crippen LogP contribution in [0.3, 0.4) is 0 Å². The summed E-state index contributed by atoms with van der Waals surface area (Å²) in [6.45, 7) is 1.53. The standard InChI is InChI=1S/C11H12ClN3O3S/c1-2-19(16,17)13-7-10-14-15-11(18-10)8-3-5-9(12)6-4-8/h3-6,13H,2,7H2,1H3. The Kier molecular flexibility index (Phi) is 4.18. The van der Waals surface area contributed by atoms with Crippen LogP contribution in [0.4, 0.5) is 0 Å². The molecule has 1 aromatic heterocycles. The highest BCUT2D eigenvalue weighted by Crippen LogP contribution is 2.20. The van der Waals surface area contributed by atoms with E-state index in [0.29, 0.717) is 10.9 Å². The largest absolute Gasteiger partial charge is 0.419 e. The van der Waals surface area contributed by atoms with Gasteiger partial charge in [-0.1, -0.05) is 11.6 Å². The van der Waals surface area contributed by atoms with Crippen LogP contribution in [-0.2, 0) is 16.6 Å². The molecule has 0 bridgehead atoms. The summed E-state index contributed by atoms with van der Waals surface area (Å²) < 4.78 is 30.3. The fraction of sp³-hybridized carbons (Fsp3) is 0.273. The molecular weight excluding hydrogens is 290 g/mol. The number of hydrogen-bond acceptors (Lipinski definition) is 5. The number of aromatic nitrogens is 2. The van der Waals surface area contributed by atoms with Gasteiger partial charge >= 0.3 is 0 Å². The summed E-state index contributed by atoms with van der Waals surface area (Å²) in [6.07, 6.45) is 0. The molecule has 0 amide bonds. The van der Waals surface area contributed by atoms with Crippen LogP contribution in [-0.4, -0.2) is 24.4 Å². The molecule has 8 heteroatoms. The van der Waals surface area contributed by atoms with Gasteiger partial charge in [-0.15, -0.1) is 10.2 Å². The molecule has 1 heterocycles. The quantitative estimate of drug-likeness (QED) is 0.910. The van der Waals surface area contributed by atoms with Crippen LogP contribution in [0, 0.1) is 0 Å². The second-order valence-corrected chi connectivity index (χ2v) is 6.26. The minimum Gasteiger partial charge on any atom is -0.419 e. The Morgan fingerprint density at radius 2 is 1.95 bits per heavy atom. The number of rotatable bonds is 5. The SMILES string of the molecule is CCS(=O)(=O)NCc1nnc(-c2ccc(Cl)cc2)o1. The molecule has 0 atom stereocenters. The van der Waals surface area contributed by atoms with E-state index in [-0.39, 0.29) is 18.2 Å². The maximum atomic E-state index is 11.3.